The summed E-state index contributed by atoms with van der Waals surface area (Å²) < 4.78 is 0. The van der Waals surface area contributed by atoms with E-state index in [1.54, 1.807) is 0 Å². The van der Waals surface area contributed by atoms with Crippen molar-refractivity contribution in [2.45, 2.75) is 45.6 Å². The number of hydrogen-bond acceptors (Lipinski definition) is 2. The summed E-state index contributed by atoms with van der Waals surface area (Å²) in [5.74, 6) is -0.338. The van der Waals surface area contributed by atoms with Crippen LogP contribution in [0.15, 0.2) is 30.3 Å². The standard InChI is InChI=1S/C16H25NO2/c1-13(2)12-15(16(18)19)17-11-7-6-10-14-8-4-3-5-9-14/h3-5,8-9,13,15,17H,6-7,10-12H2,1-2H3,(H,18,19). The van der Waals surface area contributed by atoms with E-state index in [0.717, 1.165) is 25.8 Å². The van der Waals surface area contributed by atoms with E-state index in [1.807, 2.05) is 19.9 Å². The number of nitrogens with one attached hydrogen (secondary N) is 1. The fourth-order valence-electron chi connectivity index (χ4n) is 2.12. The Bertz CT molecular complexity index is 362. The largest absolute Gasteiger partial charge is 0.480 e. The number of aliphatic carboxylic acids is 1. The minimum absolute atomic E-state index is 0.401. The number of carbonyl (C=O) groups is 1. The molecule has 0 aliphatic rings. The predicted molar refractivity (Wildman–Crippen MR) is 78.3 cm³/mol. The molecule has 3 heteroatoms. The van der Waals surface area contributed by atoms with Crippen molar-refractivity contribution in [3.63, 3.8) is 0 Å². The zero-order valence-electron chi connectivity index (χ0n) is 11.9. The number of unbranched alkanes of at least 4 members (excludes halogenated alkanes) is 1. The van der Waals surface area contributed by atoms with Crippen molar-refractivity contribution in [1.29, 1.82) is 0 Å². The van der Waals surface area contributed by atoms with E-state index in [0.29, 0.717) is 12.3 Å². The third-order valence-electron chi connectivity index (χ3n) is 3.13. The molecule has 0 fully saturated rings. The summed E-state index contributed by atoms with van der Waals surface area (Å²) in [6, 6.07) is 9.98. The maximum Gasteiger partial charge on any atom is 0.320 e. The highest BCUT2D eigenvalue weighted by Gasteiger charge is 2.17. The van der Waals surface area contributed by atoms with Gasteiger partial charge in [-0.2, -0.15) is 0 Å². The van der Waals surface area contributed by atoms with E-state index < -0.39 is 12.0 Å². The molecule has 0 aliphatic carbocycles. The van der Waals surface area contributed by atoms with E-state index in [9.17, 15) is 4.79 Å². The molecule has 1 aromatic rings. The van der Waals surface area contributed by atoms with E-state index in [-0.39, 0.29) is 0 Å². The van der Waals surface area contributed by atoms with Gasteiger partial charge in [-0.15, -0.1) is 0 Å². The third kappa shape index (κ3) is 6.97. The molecule has 2 N–H and O–H groups in total. The highest BCUT2D eigenvalue weighted by molar-refractivity contribution is 5.73. The number of carboxylic acids is 1. The van der Waals surface area contributed by atoms with Gasteiger partial charge in [0.25, 0.3) is 0 Å². The molecule has 0 saturated heterocycles. The second-order valence-corrected chi connectivity index (χ2v) is 5.42. The van der Waals surface area contributed by atoms with Crippen molar-refractivity contribution < 1.29 is 9.90 Å². The van der Waals surface area contributed by atoms with Crippen LogP contribution in [0.2, 0.25) is 0 Å². The lowest BCUT2D eigenvalue weighted by atomic mass is 10.0. The zero-order valence-corrected chi connectivity index (χ0v) is 11.9. The van der Waals surface area contributed by atoms with E-state index in [2.05, 4.69) is 29.6 Å². The Morgan fingerprint density at radius 3 is 2.47 bits per heavy atom. The molecular formula is C16H25NO2. The summed E-state index contributed by atoms with van der Waals surface area (Å²) in [5.41, 5.74) is 1.35. The first-order chi connectivity index (χ1) is 9.09. The second kappa shape index (κ2) is 8.70. The van der Waals surface area contributed by atoms with Crippen LogP contribution in [0, 0.1) is 5.92 Å². The number of benzene rings is 1. The van der Waals surface area contributed by atoms with Gasteiger partial charge in [-0.25, -0.2) is 0 Å². The smallest absolute Gasteiger partial charge is 0.320 e. The predicted octanol–water partition coefficient (Wildman–Crippen LogP) is 3.10. The summed E-state index contributed by atoms with van der Waals surface area (Å²) in [6.07, 6.45) is 3.85. The van der Waals surface area contributed by atoms with Crippen molar-refractivity contribution in [1.82, 2.24) is 5.32 Å². The van der Waals surface area contributed by atoms with Crippen molar-refractivity contribution in [2.75, 3.05) is 6.54 Å². The number of aryl methyl sites for hydroxylation is 1. The fraction of sp³-hybridized carbons (Fsp3) is 0.562. The monoisotopic (exact) mass is 263 g/mol. The summed E-state index contributed by atoms with van der Waals surface area (Å²) in [7, 11) is 0. The molecule has 3 nitrogen and oxygen atoms in total. The van der Waals surface area contributed by atoms with Gasteiger partial charge in [-0.05, 0) is 43.7 Å². The molecule has 0 bridgehead atoms. The second-order valence-electron chi connectivity index (χ2n) is 5.42. The van der Waals surface area contributed by atoms with Gasteiger partial charge in [-0.1, -0.05) is 44.2 Å². The van der Waals surface area contributed by atoms with Crippen molar-refractivity contribution in [3.8, 4) is 0 Å². The maximum atomic E-state index is 11.1. The molecule has 1 unspecified atom stereocenters. The highest BCUT2D eigenvalue weighted by atomic mass is 16.4. The number of rotatable bonds is 9. The Morgan fingerprint density at radius 2 is 1.89 bits per heavy atom. The van der Waals surface area contributed by atoms with Crippen LogP contribution in [0.25, 0.3) is 0 Å². The Morgan fingerprint density at radius 1 is 1.21 bits per heavy atom. The normalized spacial score (nSPS) is 12.6. The van der Waals surface area contributed by atoms with Crippen LogP contribution in [0.3, 0.4) is 0 Å². The molecule has 0 saturated carbocycles. The number of hydrogen-bond donors (Lipinski definition) is 2. The van der Waals surface area contributed by atoms with E-state index in [4.69, 9.17) is 5.11 Å². The lowest BCUT2D eigenvalue weighted by Crippen LogP contribution is -2.38. The van der Waals surface area contributed by atoms with Crippen molar-refractivity contribution in [3.05, 3.63) is 35.9 Å². The Kier molecular flexibility index (Phi) is 7.19. The zero-order chi connectivity index (χ0) is 14.1. The molecule has 19 heavy (non-hydrogen) atoms. The minimum atomic E-state index is -0.739. The number of carboxylic acid groups (broad SMARTS) is 1. The quantitative estimate of drug-likeness (QED) is 0.673. The topological polar surface area (TPSA) is 49.3 Å². The molecule has 0 radical (unpaired) electrons. The SMILES string of the molecule is CC(C)CC(NCCCCc1ccccc1)C(=O)O. The summed E-state index contributed by atoms with van der Waals surface area (Å²) >= 11 is 0. The van der Waals surface area contributed by atoms with Crippen LogP contribution in [0.4, 0.5) is 0 Å². The van der Waals surface area contributed by atoms with Crippen LogP contribution in [-0.4, -0.2) is 23.7 Å². The van der Waals surface area contributed by atoms with Gasteiger partial charge in [0.15, 0.2) is 0 Å². The lowest BCUT2D eigenvalue weighted by Gasteiger charge is -2.16. The third-order valence-corrected chi connectivity index (χ3v) is 3.13. The average molecular weight is 263 g/mol. The van der Waals surface area contributed by atoms with Crippen LogP contribution in [0.5, 0.6) is 0 Å². The summed E-state index contributed by atoms with van der Waals surface area (Å²) in [6.45, 7) is 4.87. The molecule has 0 aliphatic heterocycles. The Labute approximate surface area is 116 Å². The van der Waals surface area contributed by atoms with Crippen LogP contribution in [-0.2, 0) is 11.2 Å². The maximum absolute atomic E-state index is 11.1. The van der Waals surface area contributed by atoms with Crippen LogP contribution in [0.1, 0.15) is 38.7 Å². The first kappa shape index (κ1) is 15.7. The summed E-state index contributed by atoms with van der Waals surface area (Å²) in [4.78, 5) is 11.1. The van der Waals surface area contributed by atoms with Crippen molar-refractivity contribution >= 4 is 5.97 Å². The molecular weight excluding hydrogens is 238 g/mol. The van der Waals surface area contributed by atoms with Gasteiger partial charge in [0.1, 0.15) is 6.04 Å². The van der Waals surface area contributed by atoms with E-state index >= 15 is 0 Å². The summed E-state index contributed by atoms with van der Waals surface area (Å²) in [5, 5.41) is 12.2. The van der Waals surface area contributed by atoms with Gasteiger partial charge in [-0.3, -0.25) is 4.79 Å². The van der Waals surface area contributed by atoms with Gasteiger partial charge < -0.3 is 10.4 Å². The fourth-order valence-corrected chi connectivity index (χ4v) is 2.12. The molecule has 106 valence electrons. The van der Waals surface area contributed by atoms with Crippen LogP contribution >= 0.6 is 0 Å². The molecule has 0 aromatic heterocycles. The molecule has 0 amide bonds. The molecule has 0 heterocycles. The first-order valence-electron chi connectivity index (χ1n) is 7.09. The minimum Gasteiger partial charge on any atom is -0.480 e. The highest BCUT2D eigenvalue weighted by Crippen LogP contribution is 2.06. The molecule has 0 spiro atoms. The van der Waals surface area contributed by atoms with Gasteiger partial charge in [0.2, 0.25) is 0 Å². The first-order valence-corrected chi connectivity index (χ1v) is 7.09. The Balaban J connectivity index is 2.16. The lowest BCUT2D eigenvalue weighted by molar-refractivity contribution is -0.139. The molecule has 1 atom stereocenters. The molecule has 1 rings (SSSR count). The Hall–Kier alpha value is -1.35. The van der Waals surface area contributed by atoms with Gasteiger partial charge in [0, 0.05) is 0 Å². The van der Waals surface area contributed by atoms with Gasteiger partial charge in [0.05, 0.1) is 0 Å². The van der Waals surface area contributed by atoms with Gasteiger partial charge >= 0.3 is 5.97 Å². The van der Waals surface area contributed by atoms with Crippen LogP contribution < -0.4 is 5.32 Å². The van der Waals surface area contributed by atoms with E-state index in [1.165, 1.54) is 5.56 Å². The van der Waals surface area contributed by atoms with Crippen molar-refractivity contribution in [2.24, 2.45) is 5.92 Å². The average Bonchev–Trinajstić information content (AvgIpc) is 2.37. The molecule has 1 aromatic carbocycles.